The van der Waals surface area contributed by atoms with E-state index in [2.05, 4.69) is 32.1 Å². The van der Waals surface area contributed by atoms with Gasteiger partial charge in [-0.25, -0.2) is 9.59 Å². The molecule has 4 aliphatic rings. The minimum Gasteiger partial charge on any atom is -0.457 e. The topological polar surface area (TPSA) is 128 Å². The standard InChI is InChI=1S/C26H39NO7/c1-12-9-13(2)26-11-17-19(29)14(3)21(34-24(27)31)22(26)25(17,5)8-7-16(26)10-18(32-6)23(30)33-20(12)15(4)28/h7-9,12,14-22,28-29H,10-11H2,1-6H3,(H2,27,31)/b13-9+/t12-,14+,15-,16-,17+,18+,19-,20+,21-,22-,25+,26-/m1/s1. The van der Waals surface area contributed by atoms with Crippen LogP contribution in [0.4, 0.5) is 4.79 Å². The highest BCUT2D eigenvalue weighted by atomic mass is 16.6. The Hall–Kier alpha value is -1.90. The van der Waals surface area contributed by atoms with Gasteiger partial charge in [-0.3, -0.25) is 0 Å². The van der Waals surface area contributed by atoms with Crippen molar-refractivity contribution in [3.8, 4) is 0 Å². The van der Waals surface area contributed by atoms with Gasteiger partial charge in [-0.1, -0.05) is 44.6 Å². The first kappa shape index (κ1) is 25.2. The Kier molecular flexibility index (Phi) is 6.41. The SMILES string of the molecule is CO[C@H]1C[C@H]2C=C[C@]3(C)[C@H]4[C@H](OC(N)=O)[C@@H](C)[C@@H](O)[C@@H]3C[C@@]24/C(C)=C/[C@@H](C)[C@@H]([C@@H](C)O)OC1=O. The van der Waals surface area contributed by atoms with E-state index in [1.807, 2.05) is 13.8 Å². The first-order valence-corrected chi connectivity index (χ1v) is 12.3. The van der Waals surface area contributed by atoms with Crippen LogP contribution in [0, 0.1) is 40.4 Å². The van der Waals surface area contributed by atoms with Crippen LogP contribution < -0.4 is 5.73 Å². The van der Waals surface area contributed by atoms with Crippen molar-refractivity contribution in [3.05, 3.63) is 23.8 Å². The van der Waals surface area contributed by atoms with Crippen LogP contribution in [0.2, 0.25) is 0 Å². The number of methoxy groups -OCH3 is 1. The quantitative estimate of drug-likeness (QED) is 0.421. The van der Waals surface area contributed by atoms with Gasteiger partial charge in [-0.05, 0) is 43.9 Å². The molecule has 34 heavy (non-hydrogen) atoms. The molecule has 1 aliphatic heterocycles. The number of primary amides is 1. The second-order valence-electron chi connectivity index (χ2n) is 11.2. The average molecular weight is 478 g/mol. The molecule has 1 amide bonds. The van der Waals surface area contributed by atoms with Crippen LogP contribution in [0.3, 0.4) is 0 Å². The lowest BCUT2D eigenvalue weighted by molar-refractivity contribution is -0.171. The van der Waals surface area contributed by atoms with Crippen molar-refractivity contribution in [1.29, 1.82) is 0 Å². The molecule has 0 unspecified atom stereocenters. The fourth-order valence-corrected chi connectivity index (χ4v) is 7.92. The fourth-order valence-electron chi connectivity index (χ4n) is 7.92. The number of nitrogens with two attached hydrogens (primary N) is 1. The summed E-state index contributed by atoms with van der Waals surface area (Å²) in [5, 5.41) is 21.7. The van der Waals surface area contributed by atoms with E-state index < -0.39 is 53.4 Å². The van der Waals surface area contributed by atoms with E-state index in [1.54, 1.807) is 6.92 Å². The van der Waals surface area contributed by atoms with Crippen LogP contribution in [0.25, 0.3) is 0 Å². The second-order valence-corrected chi connectivity index (χ2v) is 11.2. The Bertz CT molecular complexity index is 900. The van der Waals surface area contributed by atoms with Gasteiger partial charge in [0.25, 0.3) is 0 Å². The van der Waals surface area contributed by atoms with Gasteiger partial charge < -0.3 is 30.2 Å². The molecule has 0 saturated heterocycles. The zero-order chi connectivity index (χ0) is 25.2. The molecule has 0 aromatic rings. The predicted octanol–water partition coefficient (Wildman–Crippen LogP) is 2.57. The molecule has 2 saturated carbocycles. The van der Waals surface area contributed by atoms with Gasteiger partial charge in [0.2, 0.25) is 0 Å². The van der Waals surface area contributed by atoms with E-state index in [0.717, 1.165) is 5.57 Å². The Morgan fingerprint density at radius 1 is 1.35 bits per heavy atom. The zero-order valence-electron chi connectivity index (χ0n) is 20.9. The second kappa shape index (κ2) is 8.64. The molecule has 4 bridgehead atoms. The maximum absolute atomic E-state index is 13.1. The monoisotopic (exact) mass is 477 g/mol. The molecule has 4 N–H and O–H groups in total. The molecule has 8 heteroatoms. The average Bonchev–Trinajstić information content (AvgIpc) is 2.88. The van der Waals surface area contributed by atoms with Gasteiger partial charge in [0.1, 0.15) is 12.2 Å². The number of amides is 1. The maximum atomic E-state index is 13.1. The van der Waals surface area contributed by atoms with Crippen molar-refractivity contribution in [2.24, 2.45) is 46.2 Å². The smallest absolute Gasteiger partial charge is 0.404 e. The molecule has 1 spiro atoms. The van der Waals surface area contributed by atoms with Crippen molar-refractivity contribution in [3.63, 3.8) is 0 Å². The van der Waals surface area contributed by atoms with E-state index in [4.69, 9.17) is 19.9 Å². The van der Waals surface area contributed by atoms with Crippen molar-refractivity contribution >= 4 is 12.1 Å². The summed E-state index contributed by atoms with van der Waals surface area (Å²) >= 11 is 0. The summed E-state index contributed by atoms with van der Waals surface area (Å²) in [7, 11) is 1.49. The molecule has 4 rings (SSSR count). The lowest BCUT2D eigenvalue weighted by Crippen LogP contribution is -2.58. The molecule has 0 aromatic heterocycles. The normalized spacial score (nSPS) is 50.4. The summed E-state index contributed by atoms with van der Waals surface area (Å²) in [5.74, 6) is -1.31. The summed E-state index contributed by atoms with van der Waals surface area (Å²) in [5.41, 5.74) is 5.71. The van der Waals surface area contributed by atoms with Gasteiger partial charge in [0.15, 0.2) is 6.10 Å². The summed E-state index contributed by atoms with van der Waals surface area (Å²) in [6, 6.07) is 0. The Balaban J connectivity index is 1.93. The van der Waals surface area contributed by atoms with Gasteiger partial charge in [-0.2, -0.15) is 0 Å². The molecular formula is C26H39NO7. The largest absolute Gasteiger partial charge is 0.457 e. The Morgan fingerprint density at radius 2 is 2.03 bits per heavy atom. The number of cyclic esters (lactones) is 1. The zero-order valence-corrected chi connectivity index (χ0v) is 20.9. The van der Waals surface area contributed by atoms with E-state index in [-0.39, 0.29) is 29.6 Å². The van der Waals surface area contributed by atoms with E-state index in [9.17, 15) is 19.8 Å². The van der Waals surface area contributed by atoms with Crippen LogP contribution >= 0.6 is 0 Å². The summed E-state index contributed by atoms with van der Waals surface area (Å²) in [6.07, 6.45) is 2.96. The number of rotatable bonds is 3. The third-order valence-corrected chi connectivity index (χ3v) is 9.49. The van der Waals surface area contributed by atoms with E-state index >= 15 is 0 Å². The molecule has 0 radical (unpaired) electrons. The highest BCUT2D eigenvalue weighted by molar-refractivity contribution is 5.75. The van der Waals surface area contributed by atoms with Crippen LogP contribution in [0.15, 0.2) is 23.8 Å². The molecule has 8 nitrogen and oxygen atoms in total. The highest BCUT2D eigenvalue weighted by Crippen LogP contribution is 2.73. The number of allylic oxidation sites excluding steroid dienone is 3. The molecule has 12 atom stereocenters. The summed E-state index contributed by atoms with van der Waals surface area (Å²) in [6.45, 7) is 9.66. The number of carbonyl (C=O) groups excluding carboxylic acids is 2. The minimum absolute atomic E-state index is 0.0383. The van der Waals surface area contributed by atoms with Gasteiger partial charge in [0.05, 0.1) is 12.2 Å². The number of esters is 1. The number of carbonyl (C=O) groups is 2. The van der Waals surface area contributed by atoms with Crippen molar-refractivity contribution in [1.82, 2.24) is 0 Å². The first-order valence-electron chi connectivity index (χ1n) is 12.3. The first-order chi connectivity index (χ1) is 15.9. The van der Waals surface area contributed by atoms with E-state index in [1.165, 1.54) is 7.11 Å². The lowest BCUT2D eigenvalue weighted by atomic mass is 9.51. The summed E-state index contributed by atoms with van der Waals surface area (Å²) in [4.78, 5) is 25.0. The van der Waals surface area contributed by atoms with Crippen molar-refractivity contribution in [2.75, 3.05) is 7.11 Å². The number of aliphatic hydroxyl groups is 2. The van der Waals surface area contributed by atoms with Crippen LogP contribution in [-0.2, 0) is 19.0 Å². The maximum Gasteiger partial charge on any atom is 0.404 e. The van der Waals surface area contributed by atoms with Gasteiger partial charge in [0, 0.05) is 30.3 Å². The van der Waals surface area contributed by atoms with Crippen molar-refractivity contribution in [2.45, 2.75) is 78.0 Å². The predicted molar refractivity (Wildman–Crippen MR) is 124 cm³/mol. The lowest BCUT2D eigenvalue weighted by Gasteiger charge is -2.56. The fraction of sp³-hybridized carbons (Fsp3) is 0.769. The van der Waals surface area contributed by atoms with Gasteiger partial charge >= 0.3 is 12.1 Å². The molecular weight excluding hydrogens is 438 g/mol. The summed E-state index contributed by atoms with van der Waals surface area (Å²) < 4.78 is 17.0. The Morgan fingerprint density at radius 3 is 2.62 bits per heavy atom. The Labute approximate surface area is 201 Å². The number of hydrogen-bond acceptors (Lipinski definition) is 7. The number of ether oxygens (including phenoxy) is 3. The van der Waals surface area contributed by atoms with Crippen LogP contribution in [0.1, 0.15) is 47.5 Å². The number of hydrogen-bond donors (Lipinski definition) is 3. The van der Waals surface area contributed by atoms with Crippen molar-refractivity contribution < 1.29 is 34.0 Å². The van der Waals surface area contributed by atoms with Crippen LogP contribution in [-0.4, -0.2) is 59.9 Å². The molecule has 190 valence electrons. The van der Waals surface area contributed by atoms with Crippen LogP contribution in [0.5, 0.6) is 0 Å². The molecule has 1 heterocycles. The third kappa shape index (κ3) is 3.52. The van der Waals surface area contributed by atoms with E-state index in [0.29, 0.717) is 12.8 Å². The molecule has 2 fully saturated rings. The minimum atomic E-state index is -0.861. The third-order valence-electron chi connectivity index (χ3n) is 9.49. The van der Waals surface area contributed by atoms with Gasteiger partial charge in [-0.15, -0.1) is 0 Å². The molecule has 3 aliphatic carbocycles. The number of aliphatic hydroxyl groups excluding tert-OH is 2. The highest BCUT2D eigenvalue weighted by Gasteiger charge is 2.72. The molecule has 0 aromatic carbocycles.